The van der Waals surface area contributed by atoms with Crippen LogP contribution in [0.3, 0.4) is 0 Å². The minimum atomic E-state index is -0.500. The van der Waals surface area contributed by atoms with Crippen LogP contribution in [0.4, 0.5) is 8.78 Å². The summed E-state index contributed by atoms with van der Waals surface area (Å²) in [7, 11) is 0. The van der Waals surface area contributed by atoms with E-state index in [1.807, 2.05) is 0 Å². The Morgan fingerprint density at radius 1 is 1.12 bits per heavy atom. The Hall–Kier alpha value is -0.630. The van der Waals surface area contributed by atoms with Gasteiger partial charge >= 0.3 is 0 Å². The Bertz CT molecular complexity index is 352. The average Bonchev–Trinajstić information content (AvgIpc) is 2.77. The molecule has 0 bridgehead atoms. The molecule has 1 fully saturated rings. The highest BCUT2D eigenvalue weighted by Gasteiger charge is 2.24. The third-order valence-corrected chi connectivity index (χ3v) is 4.08. The van der Waals surface area contributed by atoms with Crippen molar-refractivity contribution in [3.8, 4) is 0 Å². The van der Waals surface area contributed by atoms with E-state index in [2.05, 4.69) is 0 Å². The van der Waals surface area contributed by atoms with Gasteiger partial charge in [0, 0.05) is 11.9 Å². The number of hydrogen-bond donors (Lipinski definition) is 0. The number of alkyl halides is 1. The fourth-order valence-corrected chi connectivity index (χ4v) is 3.17. The Morgan fingerprint density at radius 2 is 1.71 bits per heavy atom. The number of rotatable bonds is 4. The zero-order chi connectivity index (χ0) is 12.3. The van der Waals surface area contributed by atoms with Gasteiger partial charge in [-0.05, 0) is 36.0 Å². The molecule has 0 aromatic heterocycles. The van der Waals surface area contributed by atoms with Crippen LogP contribution < -0.4 is 0 Å². The summed E-state index contributed by atoms with van der Waals surface area (Å²) in [5, 5.41) is 0. The lowest BCUT2D eigenvalue weighted by atomic mass is 9.87. The molecule has 0 amide bonds. The smallest absolute Gasteiger partial charge is 0.126 e. The molecular formula is C14H17ClF2. The molecule has 1 atom stereocenters. The maximum absolute atomic E-state index is 13.1. The van der Waals surface area contributed by atoms with Gasteiger partial charge in [0.2, 0.25) is 0 Å². The van der Waals surface area contributed by atoms with Gasteiger partial charge in [0.1, 0.15) is 11.6 Å². The van der Waals surface area contributed by atoms with Gasteiger partial charge in [0.15, 0.2) is 0 Å². The van der Waals surface area contributed by atoms with E-state index in [-0.39, 0.29) is 0 Å². The molecule has 0 spiro atoms. The normalized spacial score (nSPS) is 18.5. The molecule has 2 rings (SSSR count). The van der Waals surface area contributed by atoms with Crippen LogP contribution in [0.2, 0.25) is 0 Å². The summed E-state index contributed by atoms with van der Waals surface area (Å²) >= 11 is 5.99. The molecule has 1 saturated carbocycles. The molecule has 0 N–H and O–H groups in total. The van der Waals surface area contributed by atoms with Crippen molar-refractivity contribution in [1.82, 2.24) is 0 Å². The Morgan fingerprint density at radius 3 is 2.24 bits per heavy atom. The van der Waals surface area contributed by atoms with Crippen LogP contribution in [0.5, 0.6) is 0 Å². The molecule has 0 saturated heterocycles. The van der Waals surface area contributed by atoms with Gasteiger partial charge in [0.05, 0.1) is 0 Å². The van der Waals surface area contributed by atoms with Crippen LogP contribution in [0.1, 0.15) is 31.2 Å². The standard InChI is InChI=1S/C14H17ClF2/c15-9-12(11-3-1-2-4-11)5-10-6-13(16)8-14(17)7-10/h6-8,11-12H,1-5,9H2. The van der Waals surface area contributed by atoms with Gasteiger partial charge in [0.25, 0.3) is 0 Å². The highest BCUT2D eigenvalue weighted by molar-refractivity contribution is 6.18. The maximum Gasteiger partial charge on any atom is 0.126 e. The van der Waals surface area contributed by atoms with E-state index in [0.29, 0.717) is 24.1 Å². The molecular weight excluding hydrogens is 242 g/mol. The average molecular weight is 259 g/mol. The first-order valence-corrected chi connectivity index (χ1v) is 6.73. The van der Waals surface area contributed by atoms with Gasteiger partial charge in [-0.25, -0.2) is 8.78 Å². The molecule has 0 aliphatic heterocycles. The molecule has 0 heterocycles. The van der Waals surface area contributed by atoms with Crippen LogP contribution >= 0.6 is 11.6 Å². The first-order valence-electron chi connectivity index (χ1n) is 6.20. The van der Waals surface area contributed by atoms with E-state index in [1.165, 1.54) is 37.8 Å². The quantitative estimate of drug-likeness (QED) is 0.695. The van der Waals surface area contributed by atoms with E-state index < -0.39 is 11.6 Å². The number of halogens is 3. The third-order valence-electron chi connectivity index (χ3n) is 3.68. The number of benzene rings is 1. The van der Waals surface area contributed by atoms with Gasteiger partial charge in [-0.2, -0.15) is 0 Å². The zero-order valence-corrected chi connectivity index (χ0v) is 10.5. The first kappa shape index (κ1) is 12.8. The summed E-state index contributed by atoms with van der Waals surface area (Å²) in [5.74, 6) is 0.543. The van der Waals surface area contributed by atoms with Gasteiger partial charge in [-0.1, -0.05) is 25.7 Å². The van der Waals surface area contributed by atoms with Crippen molar-refractivity contribution in [2.75, 3.05) is 5.88 Å². The van der Waals surface area contributed by atoms with E-state index in [9.17, 15) is 8.78 Å². The summed E-state index contributed by atoms with van der Waals surface area (Å²) in [4.78, 5) is 0. The fourth-order valence-electron chi connectivity index (χ4n) is 2.81. The topological polar surface area (TPSA) is 0 Å². The monoisotopic (exact) mass is 258 g/mol. The zero-order valence-electron chi connectivity index (χ0n) is 9.76. The van der Waals surface area contributed by atoms with Crippen molar-refractivity contribution in [2.24, 2.45) is 11.8 Å². The third kappa shape index (κ3) is 3.41. The summed E-state index contributed by atoms with van der Waals surface area (Å²) in [5.41, 5.74) is 0.722. The summed E-state index contributed by atoms with van der Waals surface area (Å²) in [6.45, 7) is 0. The first-order chi connectivity index (χ1) is 8.19. The van der Waals surface area contributed by atoms with Crippen molar-refractivity contribution in [2.45, 2.75) is 32.1 Å². The minimum absolute atomic E-state index is 0.348. The largest absolute Gasteiger partial charge is 0.207 e. The molecule has 1 unspecified atom stereocenters. The SMILES string of the molecule is Fc1cc(F)cc(CC(CCl)C2CCCC2)c1. The molecule has 1 aliphatic carbocycles. The van der Waals surface area contributed by atoms with E-state index in [1.54, 1.807) is 0 Å². The summed E-state index contributed by atoms with van der Waals surface area (Å²) in [6.07, 6.45) is 5.61. The van der Waals surface area contributed by atoms with Gasteiger partial charge < -0.3 is 0 Å². The van der Waals surface area contributed by atoms with Crippen LogP contribution in [-0.2, 0) is 6.42 Å². The minimum Gasteiger partial charge on any atom is -0.207 e. The van der Waals surface area contributed by atoms with Crippen molar-refractivity contribution < 1.29 is 8.78 Å². The van der Waals surface area contributed by atoms with Crippen molar-refractivity contribution >= 4 is 11.6 Å². The Labute approximate surface area is 106 Å². The van der Waals surface area contributed by atoms with E-state index in [4.69, 9.17) is 11.6 Å². The lowest BCUT2D eigenvalue weighted by Gasteiger charge is -2.21. The second kappa shape index (κ2) is 5.81. The highest BCUT2D eigenvalue weighted by Crippen LogP contribution is 2.34. The molecule has 1 aromatic carbocycles. The molecule has 1 aromatic rings. The Kier molecular flexibility index (Phi) is 4.38. The molecule has 1 aliphatic rings. The predicted octanol–water partition coefficient (Wildman–Crippen LogP) is 4.55. The Balaban J connectivity index is 2.06. The van der Waals surface area contributed by atoms with Crippen LogP contribution in [0.15, 0.2) is 18.2 Å². The summed E-state index contributed by atoms with van der Waals surface area (Å²) < 4.78 is 26.2. The second-order valence-electron chi connectivity index (χ2n) is 4.94. The summed E-state index contributed by atoms with van der Waals surface area (Å²) in [6, 6.07) is 3.74. The second-order valence-corrected chi connectivity index (χ2v) is 5.25. The lowest BCUT2D eigenvalue weighted by Crippen LogP contribution is -2.16. The molecule has 0 nitrogen and oxygen atoms in total. The van der Waals surface area contributed by atoms with Gasteiger partial charge in [-0.3, -0.25) is 0 Å². The van der Waals surface area contributed by atoms with Crippen LogP contribution in [-0.4, -0.2) is 5.88 Å². The maximum atomic E-state index is 13.1. The predicted molar refractivity (Wildman–Crippen MR) is 66.2 cm³/mol. The van der Waals surface area contributed by atoms with Crippen LogP contribution in [0, 0.1) is 23.5 Å². The van der Waals surface area contributed by atoms with Gasteiger partial charge in [-0.15, -0.1) is 11.6 Å². The van der Waals surface area contributed by atoms with E-state index in [0.717, 1.165) is 11.6 Å². The van der Waals surface area contributed by atoms with E-state index >= 15 is 0 Å². The van der Waals surface area contributed by atoms with Crippen LogP contribution in [0.25, 0.3) is 0 Å². The molecule has 3 heteroatoms. The fraction of sp³-hybridized carbons (Fsp3) is 0.571. The van der Waals surface area contributed by atoms with Crippen molar-refractivity contribution in [3.05, 3.63) is 35.4 Å². The van der Waals surface area contributed by atoms with Crippen molar-refractivity contribution in [1.29, 1.82) is 0 Å². The highest BCUT2D eigenvalue weighted by atomic mass is 35.5. The molecule has 94 valence electrons. The lowest BCUT2D eigenvalue weighted by molar-refractivity contribution is 0.368. The van der Waals surface area contributed by atoms with Crippen molar-refractivity contribution in [3.63, 3.8) is 0 Å². The molecule has 0 radical (unpaired) electrons. The molecule has 17 heavy (non-hydrogen) atoms. The number of hydrogen-bond acceptors (Lipinski definition) is 0.